The fourth-order valence-corrected chi connectivity index (χ4v) is 4.48. The Labute approximate surface area is 160 Å². The number of rotatable bonds is 9. The van der Waals surface area contributed by atoms with Crippen LogP contribution >= 0.6 is 11.3 Å². The third-order valence-corrected chi connectivity index (χ3v) is 5.81. The van der Waals surface area contributed by atoms with E-state index in [1.54, 1.807) is 35.6 Å². The smallest absolute Gasteiger partial charge is 0.251 e. The first-order chi connectivity index (χ1) is 12.3. The van der Waals surface area contributed by atoms with Crippen LogP contribution in [0.3, 0.4) is 0 Å². The Morgan fingerprint density at radius 3 is 2.54 bits per heavy atom. The molecule has 142 valence electrons. The van der Waals surface area contributed by atoms with Crippen molar-refractivity contribution in [1.29, 1.82) is 0 Å². The van der Waals surface area contributed by atoms with E-state index in [-0.39, 0.29) is 17.7 Å². The van der Waals surface area contributed by atoms with Gasteiger partial charge in [0.25, 0.3) is 5.91 Å². The number of nitrogens with zero attached hydrogens (tertiary/aromatic N) is 1. The van der Waals surface area contributed by atoms with E-state index in [4.69, 9.17) is 0 Å². The summed E-state index contributed by atoms with van der Waals surface area (Å²) in [7, 11) is -3.13. The van der Waals surface area contributed by atoms with Crippen molar-refractivity contribution < 1.29 is 13.2 Å². The summed E-state index contributed by atoms with van der Waals surface area (Å²) >= 11 is 1.65. The molecule has 0 saturated heterocycles. The van der Waals surface area contributed by atoms with Crippen molar-refractivity contribution in [3.05, 3.63) is 57.8 Å². The molecule has 0 fully saturated rings. The van der Waals surface area contributed by atoms with Crippen LogP contribution in [0.5, 0.6) is 0 Å². The number of sulfone groups is 1. The Balaban J connectivity index is 2.09. The molecule has 2 rings (SSSR count). The standard InChI is InChI=1S/C19H26N2O3S2/c1-4-21(5-2)18(17-9-10-25-13-17)12-20-19(22)16-8-6-7-15(11-16)14-26(3,23)24/h6-11,13,18H,4-5,12,14H2,1-3H3,(H,20,22). The maximum absolute atomic E-state index is 12.6. The highest BCUT2D eigenvalue weighted by molar-refractivity contribution is 7.89. The van der Waals surface area contributed by atoms with Crippen LogP contribution < -0.4 is 5.32 Å². The van der Waals surface area contributed by atoms with Crippen LogP contribution in [0.1, 0.15) is 41.4 Å². The van der Waals surface area contributed by atoms with Crippen molar-refractivity contribution in [2.75, 3.05) is 25.9 Å². The lowest BCUT2D eigenvalue weighted by Gasteiger charge is -2.29. The molecule has 1 aromatic carbocycles. The first-order valence-electron chi connectivity index (χ1n) is 8.65. The van der Waals surface area contributed by atoms with E-state index in [2.05, 4.69) is 35.5 Å². The molecular formula is C19H26N2O3S2. The molecule has 5 nitrogen and oxygen atoms in total. The Kier molecular flexibility index (Phi) is 7.37. The average Bonchev–Trinajstić information content (AvgIpc) is 3.11. The minimum Gasteiger partial charge on any atom is -0.350 e. The van der Waals surface area contributed by atoms with Crippen LogP contribution in [0.25, 0.3) is 0 Å². The highest BCUT2D eigenvalue weighted by atomic mass is 32.2. The summed E-state index contributed by atoms with van der Waals surface area (Å²) < 4.78 is 22.9. The van der Waals surface area contributed by atoms with Gasteiger partial charge in [0.05, 0.1) is 11.8 Å². The summed E-state index contributed by atoms with van der Waals surface area (Å²) in [5.74, 6) is -0.252. The van der Waals surface area contributed by atoms with Gasteiger partial charge in [-0.15, -0.1) is 0 Å². The summed E-state index contributed by atoms with van der Waals surface area (Å²) in [5, 5.41) is 7.16. The van der Waals surface area contributed by atoms with Gasteiger partial charge >= 0.3 is 0 Å². The van der Waals surface area contributed by atoms with Gasteiger partial charge in [-0.25, -0.2) is 8.42 Å². The second kappa shape index (κ2) is 9.30. The SMILES string of the molecule is CCN(CC)C(CNC(=O)c1cccc(CS(C)(=O)=O)c1)c1ccsc1. The van der Waals surface area contributed by atoms with Crippen molar-refractivity contribution in [2.24, 2.45) is 0 Å². The Bertz CT molecular complexity index is 813. The fraction of sp³-hybridized carbons (Fsp3) is 0.421. The molecule has 0 spiro atoms. The quantitative estimate of drug-likeness (QED) is 0.710. The van der Waals surface area contributed by atoms with Crippen molar-refractivity contribution >= 4 is 27.1 Å². The minimum absolute atomic E-state index is 0.0644. The minimum atomic E-state index is -3.13. The van der Waals surface area contributed by atoms with E-state index in [1.165, 1.54) is 11.8 Å². The molecule has 0 radical (unpaired) electrons. The highest BCUT2D eigenvalue weighted by Gasteiger charge is 2.19. The zero-order valence-corrected chi connectivity index (χ0v) is 17.1. The van der Waals surface area contributed by atoms with E-state index in [0.717, 1.165) is 13.1 Å². The topological polar surface area (TPSA) is 66.5 Å². The monoisotopic (exact) mass is 394 g/mol. The van der Waals surface area contributed by atoms with Gasteiger partial charge in [0.1, 0.15) is 0 Å². The highest BCUT2D eigenvalue weighted by Crippen LogP contribution is 2.22. The fourth-order valence-electron chi connectivity index (χ4n) is 2.98. The molecule has 1 amide bonds. The van der Waals surface area contributed by atoms with Crippen LogP contribution in [0, 0.1) is 0 Å². The molecule has 7 heteroatoms. The molecule has 0 bridgehead atoms. The maximum atomic E-state index is 12.6. The molecule has 1 atom stereocenters. The van der Waals surface area contributed by atoms with E-state index in [1.807, 2.05) is 5.38 Å². The third-order valence-electron chi connectivity index (χ3n) is 4.26. The number of benzene rings is 1. The van der Waals surface area contributed by atoms with Gasteiger partial charge in [-0.2, -0.15) is 11.3 Å². The number of amides is 1. The Morgan fingerprint density at radius 2 is 1.96 bits per heavy atom. The summed E-state index contributed by atoms with van der Waals surface area (Å²) in [6, 6.07) is 9.01. The molecule has 1 unspecified atom stereocenters. The summed E-state index contributed by atoms with van der Waals surface area (Å²) in [5.41, 5.74) is 2.30. The van der Waals surface area contributed by atoms with E-state index >= 15 is 0 Å². The summed E-state index contributed by atoms with van der Waals surface area (Å²) in [6.45, 7) is 6.53. The summed E-state index contributed by atoms with van der Waals surface area (Å²) in [6.07, 6.45) is 1.19. The van der Waals surface area contributed by atoms with E-state index in [9.17, 15) is 13.2 Å². The molecule has 0 aliphatic carbocycles. The molecule has 1 aromatic heterocycles. The van der Waals surface area contributed by atoms with Gasteiger partial charge < -0.3 is 5.32 Å². The van der Waals surface area contributed by atoms with Crippen molar-refractivity contribution in [1.82, 2.24) is 10.2 Å². The largest absolute Gasteiger partial charge is 0.350 e. The number of hydrogen-bond acceptors (Lipinski definition) is 5. The Hall–Kier alpha value is -1.70. The lowest BCUT2D eigenvalue weighted by atomic mass is 10.1. The molecule has 0 saturated carbocycles. The lowest BCUT2D eigenvalue weighted by molar-refractivity contribution is 0.0935. The molecular weight excluding hydrogens is 368 g/mol. The van der Waals surface area contributed by atoms with Gasteiger partial charge in [0.2, 0.25) is 0 Å². The van der Waals surface area contributed by atoms with Crippen molar-refractivity contribution in [3.63, 3.8) is 0 Å². The molecule has 1 N–H and O–H groups in total. The maximum Gasteiger partial charge on any atom is 0.251 e. The predicted octanol–water partition coefficient (Wildman–Crippen LogP) is 3.11. The normalized spacial score (nSPS) is 12.9. The molecule has 1 heterocycles. The van der Waals surface area contributed by atoms with Gasteiger partial charge in [0, 0.05) is 18.4 Å². The van der Waals surface area contributed by atoms with Crippen molar-refractivity contribution in [2.45, 2.75) is 25.6 Å². The van der Waals surface area contributed by atoms with Crippen LogP contribution in [0.2, 0.25) is 0 Å². The van der Waals surface area contributed by atoms with Gasteiger partial charge in [-0.1, -0.05) is 26.0 Å². The molecule has 0 aliphatic heterocycles. The zero-order valence-electron chi connectivity index (χ0n) is 15.4. The van der Waals surface area contributed by atoms with E-state index < -0.39 is 9.84 Å². The van der Waals surface area contributed by atoms with E-state index in [0.29, 0.717) is 17.7 Å². The number of thiophene rings is 1. The summed E-state index contributed by atoms with van der Waals surface area (Å²) in [4.78, 5) is 14.9. The number of hydrogen-bond donors (Lipinski definition) is 1. The zero-order chi connectivity index (χ0) is 19.2. The predicted molar refractivity (Wildman–Crippen MR) is 107 cm³/mol. The first kappa shape index (κ1) is 20.6. The second-order valence-electron chi connectivity index (χ2n) is 6.27. The van der Waals surface area contributed by atoms with Crippen LogP contribution in [0.4, 0.5) is 0 Å². The Morgan fingerprint density at radius 1 is 1.23 bits per heavy atom. The van der Waals surface area contributed by atoms with Gasteiger partial charge in [-0.3, -0.25) is 9.69 Å². The van der Waals surface area contributed by atoms with Crippen molar-refractivity contribution in [3.8, 4) is 0 Å². The molecule has 0 aliphatic rings. The second-order valence-corrected chi connectivity index (χ2v) is 9.19. The van der Waals surface area contributed by atoms with Gasteiger partial charge in [-0.05, 0) is 53.2 Å². The number of nitrogens with one attached hydrogen (secondary N) is 1. The number of carbonyl (C=O) groups excluding carboxylic acids is 1. The number of likely N-dealkylation sites (N-methyl/N-ethyl adjacent to an activating group) is 1. The number of carbonyl (C=O) groups is 1. The van der Waals surface area contributed by atoms with Crippen LogP contribution in [-0.2, 0) is 15.6 Å². The van der Waals surface area contributed by atoms with Gasteiger partial charge in [0.15, 0.2) is 9.84 Å². The molecule has 26 heavy (non-hydrogen) atoms. The lowest BCUT2D eigenvalue weighted by Crippen LogP contribution is -2.37. The van der Waals surface area contributed by atoms with Crippen LogP contribution in [0.15, 0.2) is 41.1 Å². The third kappa shape index (κ3) is 5.93. The molecule has 2 aromatic rings. The first-order valence-corrected chi connectivity index (χ1v) is 11.7. The average molecular weight is 395 g/mol. The van der Waals surface area contributed by atoms with Crippen LogP contribution in [-0.4, -0.2) is 45.1 Å².